The Morgan fingerprint density at radius 2 is 2.00 bits per heavy atom. The summed E-state index contributed by atoms with van der Waals surface area (Å²) in [5, 5.41) is 9.53. The van der Waals surface area contributed by atoms with Crippen LogP contribution in [0, 0.1) is 4.91 Å². The van der Waals surface area contributed by atoms with Crippen molar-refractivity contribution in [3.05, 3.63) is 4.91 Å². The highest BCUT2D eigenvalue weighted by Gasteiger charge is 2.08. The lowest BCUT2D eigenvalue weighted by Crippen LogP contribution is -2.25. The molecule has 0 heterocycles. The number of hydrogen-bond donors (Lipinski definition) is 2. The topological polar surface area (TPSA) is 95.8 Å². The van der Waals surface area contributed by atoms with Gasteiger partial charge in [0.15, 0.2) is 0 Å². The molecule has 6 heteroatoms. The molecule has 0 saturated carbocycles. The quantitative estimate of drug-likeness (QED) is 0.258. The van der Waals surface area contributed by atoms with Gasteiger partial charge in [0.05, 0.1) is 5.29 Å². The van der Waals surface area contributed by atoms with E-state index in [4.69, 9.17) is 10.0 Å². The number of aliphatic carboxylic acids is 1. The van der Waals surface area contributed by atoms with E-state index in [-0.39, 0.29) is 0 Å². The van der Waals surface area contributed by atoms with Gasteiger partial charge in [-0.1, -0.05) is 0 Å². The molecule has 6 nitrogen and oxygen atoms in total. The maximum Gasteiger partial charge on any atom is 0.396 e. The number of nitrogens with zero attached hydrogens (tertiary/aromatic N) is 1. The molecule has 0 fully saturated rings. The Morgan fingerprint density at radius 1 is 1.50 bits per heavy atom. The fourth-order valence-corrected chi connectivity index (χ4v) is 0.0893. The molecule has 0 unspecified atom stereocenters. The molecule has 0 aliphatic rings. The van der Waals surface area contributed by atoms with Crippen LogP contribution in [0.3, 0.4) is 0 Å². The number of carboxylic acid groups (broad SMARTS) is 1. The van der Waals surface area contributed by atoms with Crippen molar-refractivity contribution in [3.8, 4) is 0 Å². The smallest absolute Gasteiger partial charge is 0.396 e. The third-order valence-electron chi connectivity index (χ3n) is 0.341. The summed E-state index contributed by atoms with van der Waals surface area (Å²) in [6, 6.07) is 0. The second-order valence-electron chi connectivity index (χ2n) is 0.837. The molecule has 0 aromatic heterocycles. The van der Waals surface area contributed by atoms with Gasteiger partial charge in [0.1, 0.15) is 0 Å². The van der Waals surface area contributed by atoms with E-state index < -0.39 is 11.9 Å². The number of carbonyl (C=O) groups excluding carboxylic acids is 1. The summed E-state index contributed by atoms with van der Waals surface area (Å²) >= 11 is 0. The minimum atomic E-state index is -1.73. The second-order valence-corrected chi connectivity index (χ2v) is 0.837. The highest BCUT2D eigenvalue weighted by molar-refractivity contribution is 6.31. The van der Waals surface area contributed by atoms with Crippen LogP contribution in [-0.2, 0) is 9.59 Å². The van der Waals surface area contributed by atoms with Crippen LogP contribution in [-0.4, -0.2) is 17.0 Å². The Labute approximate surface area is 43.4 Å². The third kappa shape index (κ3) is 1.85. The fraction of sp³-hybridized carbons (Fsp3) is 0. The van der Waals surface area contributed by atoms with Gasteiger partial charge in [0.25, 0.3) is 0 Å². The molecule has 2 N–H and O–H groups in total. The SMILES string of the molecule is O=NNC(=O)C(=O)O. The average Bonchev–Trinajstić information content (AvgIpc) is 1.67. The van der Waals surface area contributed by atoms with Crippen LogP contribution < -0.4 is 5.43 Å². The van der Waals surface area contributed by atoms with Gasteiger partial charge >= 0.3 is 11.9 Å². The number of carboxylic acids is 1. The number of nitroso groups, excluding NO2 is 1. The van der Waals surface area contributed by atoms with Gasteiger partial charge < -0.3 is 5.11 Å². The van der Waals surface area contributed by atoms with E-state index in [0.29, 0.717) is 0 Å². The Bertz CT molecular complexity index is 130. The maximum absolute atomic E-state index is 9.74. The highest BCUT2D eigenvalue weighted by Crippen LogP contribution is 1.62. The third-order valence-corrected chi connectivity index (χ3v) is 0.341. The molecule has 0 bridgehead atoms. The molecular weight excluding hydrogens is 116 g/mol. The predicted molar refractivity (Wildman–Crippen MR) is 21.6 cm³/mol. The van der Waals surface area contributed by atoms with E-state index >= 15 is 0 Å². The van der Waals surface area contributed by atoms with Crippen molar-refractivity contribution in [2.24, 2.45) is 5.29 Å². The van der Waals surface area contributed by atoms with Gasteiger partial charge in [-0.3, -0.25) is 4.79 Å². The summed E-state index contributed by atoms with van der Waals surface area (Å²) in [4.78, 5) is 28.3. The fourth-order valence-electron chi connectivity index (χ4n) is 0.0893. The molecule has 0 aliphatic heterocycles. The van der Waals surface area contributed by atoms with Crippen LogP contribution in [0.25, 0.3) is 0 Å². The maximum atomic E-state index is 9.74. The van der Waals surface area contributed by atoms with Gasteiger partial charge in [0, 0.05) is 0 Å². The van der Waals surface area contributed by atoms with Crippen molar-refractivity contribution in [3.63, 3.8) is 0 Å². The number of nitrogens with one attached hydrogen (secondary N) is 1. The molecule has 8 heavy (non-hydrogen) atoms. The van der Waals surface area contributed by atoms with E-state index in [1.807, 2.05) is 5.29 Å². The van der Waals surface area contributed by atoms with Crippen molar-refractivity contribution in [2.75, 3.05) is 0 Å². The first-order chi connectivity index (χ1) is 3.68. The first kappa shape index (κ1) is 6.54. The number of hydrogen-bond acceptors (Lipinski definition) is 4. The first-order valence-electron chi connectivity index (χ1n) is 1.54. The number of rotatable bonds is 1. The largest absolute Gasteiger partial charge is 0.474 e. The summed E-state index contributed by atoms with van der Waals surface area (Å²) in [5.41, 5.74) is 1.18. The predicted octanol–water partition coefficient (Wildman–Crippen LogP) is -1.13. The number of carbonyl (C=O) groups is 2. The lowest BCUT2D eigenvalue weighted by molar-refractivity contribution is -0.150. The van der Waals surface area contributed by atoms with Crippen molar-refractivity contribution in [2.45, 2.75) is 0 Å². The molecule has 0 rings (SSSR count). The molecule has 1 amide bonds. The summed E-state index contributed by atoms with van der Waals surface area (Å²) in [6.07, 6.45) is 0. The van der Waals surface area contributed by atoms with Gasteiger partial charge in [-0.15, -0.1) is 4.91 Å². The summed E-state index contributed by atoms with van der Waals surface area (Å²) in [7, 11) is 0. The van der Waals surface area contributed by atoms with Crippen molar-refractivity contribution >= 4 is 11.9 Å². The second kappa shape index (κ2) is 2.67. The first-order valence-corrected chi connectivity index (χ1v) is 1.54. The van der Waals surface area contributed by atoms with Crippen LogP contribution in [0.15, 0.2) is 5.29 Å². The van der Waals surface area contributed by atoms with Gasteiger partial charge in [-0.25, -0.2) is 10.2 Å². The van der Waals surface area contributed by atoms with E-state index in [0.717, 1.165) is 0 Å². The molecule has 0 saturated heterocycles. The average molecular weight is 118 g/mol. The zero-order chi connectivity index (χ0) is 6.57. The molecule has 0 aromatic rings. The van der Waals surface area contributed by atoms with Gasteiger partial charge in [0.2, 0.25) is 0 Å². The van der Waals surface area contributed by atoms with Crippen LogP contribution >= 0.6 is 0 Å². The molecule has 0 aliphatic carbocycles. The lowest BCUT2D eigenvalue weighted by Gasteiger charge is -1.83. The lowest BCUT2D eigenvalue weighted by atomic mass is 10.7. The molecular formula is C2H2N2O4. The summed E-state index contributed by atoms with van der Waals surface area (Å²) < 4.78 is 0. The van der Waals surface area contributed by atoms with E-state index in [1.165, 1.54) is 5.43 Å². The normalized spacial score (nSPS) is 7.50. The molecule has 0 spiro atoms. The molecule has 0 atom stereocenters. The van der Waals surface area contributed by atoms with Crippen LogP contribution in [0.5, 0.6) is 0 Å². The van der Waals surface area contributed by atoms with Crippen molar-refractivity contribution < 1.29 is 14.7 Å². The van der Waals surface area contributed by atoms with Crippen LogP contribution in [0.1, 0.15) is 0 Å². The minimum absolute atomic E-state index is 1.18. The monoisotopic (exact) mass is 118 g/mol. The molecule has 0 radical (unpaired) electrons. The Morgan fingerprint density at radius 3 is 2.12 bits per heavy atom. The van der Waals surface area contributed by atoms with E-state index in [2.05, 4.69) is 0 Å². The van der Waals surface area contributed by atoms with E-state index in [1.54, 1.807) is 0 Å². The minimum Gasteiger partial charge on any atom is -0.474 e. The Kier molecular flexibility index (Phi) is 2.18. The highest BCUT2D eigenvalue weighted by atomic mass is 16.4. The zero-order valence-corrected chi connectivity index (χ0v) is 3.62. The summed E-state index contributed by atoms with van der Waals surface area (Å²) in [5.74, 6) is -3.16. The standard InChI is InChI=1S/C2H2N2O4/c5-1(2(6)7)3-4-8/h(H,6,7)(H,3,5,8). The molecule has 44 valence electrons. The Balaban J connectivity index is 3.65. The van der Waals surface area contributed by atoms with Crippen LogP contribution in [0.4, 0.5) is 0 Å². The van der Waals surface area contributed by atoms with Crippen LogP contribution in [0.2, 0.25) is 0 Å². The van der Waals surface area contributed by atoms with Crippen molar-refractivity contribution in [1.29, 1.82) is 0 Å². The van der Waals surface area contributed by atoms with Gasteiger partial charge in [-0.05, 0) is 0 Å². The number of amides is 1. The molecule has 0 aromatic carbocycles. The summed E-state index contributed by atoms with van der Waals surface area (Å²) in [6.45, 7) is 0. The Hall–Kier alpha value is -1.46. The van der Waals surface area contributed by atoms with Crippen molar-refractivity contribution in [1.82, 2.24) is 5.43 Å². The van der Waals surface area contributed by atoms with Gasteiger partial charge in [-0.2, -0.15) is 0 Å². The van der Waals surface area contributed by atoms with E-state index in [9.17, 15) is 9.59 Å². The zero-order valence-electron chi connectivity index (χ0n) is 3.62.